The van der Waals surface area contributed by atoms with Crippen molar-refractivity contribution in [3.63, 3.8) is 0 Å². The van der Waals surface area contributed by atoms with Gasteiger partial charge in [0.2, 0.25) is 0 Å². The summed E-state index contributed by atoms with van der Waals surface area (Å²) in [7, 11) is 0. The number of hydrogen-bond donors (Lipinski definition) is 0. The van der Waals surface area contributed by atoms with E-state index in [-0.39, 0.29) is 0 Å². The highest BCUT2D eigenvalue weighted by atomic mass is 15.2. The molecule has 0 radical (unpaired) electrons. The summed E-state index contributed by atoms with van der Waals surface area (Å²) < 4.78 is 0. The summed E-state index contributed by atoms with van der Waals surface area (Å²) in [6.45, 7) is 4.52. The van der Waals surface area contributed by atoms with Gasteiger partial charge in [-0.3, -0.25) is 0 Å². The van der Waals surface area contributed by atoms with Crippen LogP contribution in [-0.4, -0.2) is 0 Å². The molecule has 12 aromatic carbocycles. The van der Waals surface area contributed by atoms with Crippen LogP contribution < -0.4 is 9.80 Å². The number of aryl methyl sites for hydroxylation is 2. The van der Waals surface area contributed by atoms with E-state index in [0.29, 0.717) is 0 Å². The van der Waals surface area contributed by atoms with Gasteiger partial charge in [-0.2, -0.15) is 0 Å². The predicted molar refractivity (Wildman–Crippen MR) is 292 cm³/mol. The average Bonchev–Trinajstić information content (AvgIpc) is 3.40. The highest BCUT2D eigenvalue weighted by molar-refractivity contribution is 6.16. The molecule has 322 valence electrons. The van der Waals surface area contributed by atoms with Crippen molar-refractivity contribution in [2.75, 3.05) is 9.80 Å². The van der Waals surface area contributed by atoms with Gasteiger partial charge in [-0.15, -0.1) is 0 Å². The summed E-state index contributed by atoms with van der Waals surface area (Å²) in [5.74, 6) is 0. The predicted octanol–water partition coefficient (Wildman–Crippen LogP) is 18.9. The van der Waals surface area contributed by atoms with Gasteiger partial charge in [0.1, 0.15) is 0 Å². The third kappa shape index (κ3) is 7.15. The van der Waals surface area contributed by atoms with Crippen LogP contribution in [0.2, 0.25) is 0 Å². The van der Waals surface area contributed by atoms with Crippen LogP contribution in [0.15, 0.2) is 255 Å². The van der Waals surface area contributed by atoms with Crippen molar-refractivity contribution in [1.82, 2.24) is 0 Å². The fourth-order valence-corrected chi connectivity index (χ4v) is 10.5. The smallest absolute Gasteiger partial charge is 0.0546 e. The summed E-state index contributed by atoms with van der Waals surface area (Å²) in [6.07, 6.45) is 0. The van der Waals surface area contributed by atoms with Crippen molar-refractivity contribution >= 4 is 77.2 Å². The van der Waals surface area contributed by atoms with E-state index in [9.17, 15) is 0 Å². The Balaban J connectivity index is 1.02. The normalized spacial score (nSPS) is 11.4. The first-order valence-electron chi connectivity index (χ1n) is 23.5. The Morgan fingerprint density at radius 3 is 0.971 bits per heavy atom. The second-order valence-electron chi connectivity index (χ2n) is 17.8. The van der Waals surface area contributed by atoms with Crippen LogP contribution in [0.5, 0.6) is 0 Å². The first-order chi connectivity index (χ1) is 33.6. The number of nitrogens with zero attached hydrogens (tertiary/aromatic N) is 2. The molecule has 0 atom stereocenters. The van der Waals surface area contributed by atoms with Gasteiger partial charge in [0.15, 0.2) is 0 Å². The number of fused-ring (bicyclic) bond motifs is 6. The summed E-state index contributed by atoms with van der Waals surface area (Å²) in [4.78, 5) is 4.97. The standard InChI is InChI=1S/C66H48N2/c1-45-41-49(37-39-61(45)67(63-35-19-17-29-55(63)47-21-5-3-6-22-47)65-43-51-25-9-11-27-53(51)57-31-13-15-33-59(57)65)50-38-40-62(46(2)42-50)68(64-36-20-18-30-56(64)48-23-7-4-8-24-48)66-44-52-26-10-12-28-54(52)58-32-14-16-34-60(58)66/h3-44H,1-2H3. The Bertz CT molecular complexity index is 3580. The van der Waals surface area contributed by atoms with Crippen LogP contribution in [0.1, 0.15) is 11.1 Å². The van der Waals surface area contributed by atoms with E-state index in [4.69, 9.17) is 0 Å². The van der Waals surface area contributed by atoms with Gasteiger partial charge < -0.3 is 9.80 Å². The number of hydrogen-bond acceptors (Lipinski definition) is 2. The molecular weight excluding hydrogens is 821 g/mol. The largest absolute Gasteiger partial charge is 0.309 e. The average molecular weight is 869 g/mol. The fourth-order valence-electron chi connectivity index (χ4n) is 10.5. The molecule has 0 spiro atoms. The third-order valence-electron chi connectivity index (χ3n) is 13.6. The molecule has 0 unspecified atom stereocenters. The first kappa shape index (κ1) is 40.8. The summed E-state index contributed by atoms with van der Waals surface area (Å²) in [5.41, 5.74) is 16.3. The lowest BCUT2D eigenvalue weighted by atomic mass is 9.95. The van der Waals surface area contributed by atoms with Crippen molar-refractivity contribution in [1.29, 1.82) is 0 Å². The Morgan fingerprint density at radius 1 is 0.221 bits per heavy atom. The van der Waals surface area contributed by atoms with Crippen molar-refractivity contribution in [2.24, 2.45) is 0 Å². The minimum Gasteiger partial charge on any atom is -0.309 e. The van der Waals surface area contributed by atoms with Gasteiger partial charge in [-0.25, -0.2) is 0 Å². The maximum atomic E-state index is 2.49. The van der Waals surface area contributed by atoms with Gasteiger partial charge in [-0.1, -0.05) is 206 Å². The molecule has 12 rings (SSSR count). The fraction of sp³-hybridized carbons (Fsp3) is 0.0303. The van der Waals surface area contributed by atoms with Crippen molar-refractivity contribution in [2.45, 2.75) is 13.8 Å². The lowest BCUT2D eigenvalue weighted by Crippen LogP contribution is -2.13. The highest BCUT2D eigenvalue weighted by Crippen LogP contribution is 2.49. The zero-order chi connectivity index (χ0) is 45.6. The molecule has 0 fully saturated rings. The Hall–Kier alpha value is -8.72. The zero-order valence-electron chi connectivity index (χ0n) is 38.1. The second-order valence-corrected chi connectivity index (χ2v) is 17.8. The van der Waals surface area contributed by atoms with E-state index in [2.05, 4.69) is 278 Å². The molecule has 0 N–H and O–H groups in total. The molecule has 0 heterocycles. The van der Waals surface area contributed by atoms with E-state index in [1.54, 1.807) is 0 Å². The van der Waals surface area contributed by atoms with E-state index in [1.165, 1.54) is 87.6 Å². The minimum absolute atomic E-state index is 1.13. The molecule has 0 aliphatic carbocycles. The number of para-hydroxylation sites is 2. The van der Waals surface area contributed by atoms with Crippen LogP contribution in [0.3, 0.4) is 0 Å². The Kier molecular flexibility index (Phi) is 10.3. The summed E-state index contributed by atoms with van der Waals surface area (Å²) >= 11 is 0. The molecule has 0 aliphatic rings. The van der Waals surface area contributed by atoms with Crippen molar-refractivity contribution < 1.29 is 0 Å². The quantitative estimate of drug-likeness (QED) is 0.133. The topological polar surface area (TPSA) is 6.48 Å². The molecule has 0 bridgehead atoms. The van der Waals surface area contributed by atoms with Gasteiger partial charge in [0.25, 0.3) is 0 Å². The maximum absolute atomic E-state index is 2.49. The van der Waals surface area contributed by atoms with E-state index in [0.717, 1.165) is 34.1 Å². The molecule has 0 amide bonds. The van der Waals surface area contributed by atoms with Gasteiger partial charge in [0.05, 0.1) is 22.7 Å². The summed E-state index contributed by atoms with van der Waals surface area (Å²) in [6, 6.07) is 93.1. The van der Waals surface area contributed by atoms with Crippen LogP contribution in [0.4, 0.5) is 34.1 Å². The molecule has 0 aromatic heterocycles. The molecule has 0 aliphatic heterocycles. The lowest BCUT2D eigenvalue weighted by Gasteiger charge is -2.31. The van der Waals surface area contributed by atoms with Crippen LogP contribution >= 0.6 is 0 Å². The number of anilines is 6. The zero-order valence-corrected chi connectivity index (χ0v) is 38.1. The van der Waals surface area contributed by atoms with E-state index in [1.807, 2.05) is 0 Å². The van der Waals surface area contributed by atoms with Crippen LogP contribution in [-0.2, 0) is 0 Å². The molecule has 2 heteroatoms. The Labute approximate surface area is 398 Å². The van der Waals surface area contributed by atoms with Crippen LogP contribution in [0, 0.1) is 13.8 Å². The van der Waals surface area contributed by atoms with E-state index >= 15 is 0 Å². The van der Waals surface area contributed by atoms with Crippen molar-refractivity contribution in [3.05, 3.63) is 266 Å². The molecule has 12 aromatic rings. The first-order valence-corrected chi connectivity index (χ1v) is 23.5. The maximum Gasteiger partial charge on any atom is 0.0546 e. The molecular formula is C66H48N2. The second kappa shape index (κ2) is 17.3. The monoisotopic (exact) mass is 868 g/mol. The molecule has 2 nitrogen and oxygen atoms in total. The Morgan fingerprint density at radius 2 is 0.559 bits per heavy atom. The number of benzene rings is 12. The molecule has 68 heavy (non-hydrogen) atoms. The van der Waals surface area contributed by atoms with Gasteiger partial charge >= 0.3 is 0 Å². The molecule has 0 saturated heterocycles. The SMILES string of the molecule is Cc1cc(-c2ccc(N(c3ccccc3-c3ccccc3)c3cc4ccccc4c4ccccc34)c(C)c2)ccc1N(c1ccccc1-c1ccccc1)c1cc2ccccc2c2ccccc12. The van der Waals surface area contributed by atoms with Gasteiger partial charge in [-0.05, 0) is 128 Å². The minimum atomic E-state index is 1.13. The third-order valence-corrected chi connectivity index (χ3v) is 13.6. The lowest BCUT2D eigenvalue weighted by molar-refractivity contribution is 1.26. The van der Waals surface area contributed by atoms with Crippen LogP contribution in [0.25, 0.3) is 76.5 Å². The molecule has 0 saturated carbocycles. The van der Waals surface area contributed by atoms with E-state index < -0.39 is 0 Å². The summed E-state index contributed by atoms with van der Waals surface area (Å²) in [5, 5.41) is 9.84. The number of rotatable bonds is 9. The van der Waals surface area contributed by atoms with Gasteiger partial charge in [0, 0.05) is 33.3 Å². The van der Waals surface area contributed by atoms with Crippen molar-refractivity contribution in [3.8, 4) is 33.4 Å². The highest BCUT2D eigenvalue weighted by Gasteiger charge is 2.24.